The number of methoxy groups -OCH3 is 1. The molecule has 0 aromatic heterocycles. The van der Waals surface area contributed by atoms with Crippen molar-refractivity contribution in [2.45, 2.75) is 6.92 Å². The maximum atomic E-state index is 11.9. The van der Waals surface area contributed by atoms with E-state index in [1.54, 1.807) is 19.2 Å². The van der Waals surface area contributed by atoms with Crippen LogP contribution in [0.3, 0.4) is 0 Å². The molecule has 0 unspecified atom stereocenters. The molecule has 23 heavy (non-hydrogen) atoms. The van der Waals surface area contributed by atoms with Gasteiger partial charge in [0, 0.05) is 7.11 Å². The van der Waals surface area contributed by atoms with Crippen molar-refractivity contribution >= 4 is 11.6 Å². The minimum atomic E-state index is -0.235. The van der Waals surface area contributed by atoms with Gasteiger partial charge in [-0.1, -0.05) is 29.8 Å². The minimum Gasteiger partial charge on any atom is -0.455 e. The summed E-state index contributed by atoms with van der Waals surface area (Å²) in [6.07, 6.45) is 0. The van der Waals surface area contributed by atoms with Crippen LogP contribution in [0.1, 0.15) is 5.56 Å². The molecule has 0 atom stereocenters. The highest BCUT2D eigenvalue weighted by atomic mass is 16.5. The monoisotopic (exact) mass is 315 g/mol. The molecule has 0 saturated heterocycles. The first kappa shape index (κ1) is 17.0. The summed E-state index contributed by atoms with van der Waals surface area (Å²) >= 11 is 0. The lowest BCUT2D eigenvalue weighted by atomic mass is 10.2. The molecular weight excluding hydrogens is 294 g/mol. The number of para-hydroxylation sites is 2. The van der Waals surface area contributed by atoms with Crippen molar-refractivity contribution in [1.29, 1.82) is 0 Å². The highest BCUT2D eigenvalue weighted by Crippen LogP contribution is 2.29. The standard InChI is InChI=1S/C18H21NO4/c1-14-7-9-15(10-8-14)23-17-6-4-3-5-16(17)19-18(20)13-22-12-11-21-2/h3-10H,11-13H2,1-2H3,(H,19,20). The van der Waals surface area contributed by atoms with Gasteiger partial charge in [0.1, 0.15) is 12.4 Å². The van der Waals surface area contributed by atoms with Gasteiger partial charge in [-0.05, 0) is 31.2 Å². The van der Waals surface area contributed by atoms with Crippen LogP contribution in [-0.2, 0) is 14.3 Å². The molecule has 1 N–H and O–H groups in total. The highest BCUT2D eigenvalue weighted by Gasteiger charge is 2.08. The number of aryl methyl sites for hydroxylation is 1. The van der Waals surface area contributed by atoms with Crippen molar-refractivity contribution in [3.05, 3.63) is 54.1 Å². The molecule has 0 saturated carbocycles. The Bertz CT molecular complexity index is 625. The average Bonchev–Trinajstić information content (AvgIpc) is 2.55. The van der Waals surface area contributed by atoms with Gasteiger partial charge in [-0.25, -0.2) is 0 Å². The molecule has 2 aromatic rings. The molecule has 2 rings (SSSR count). The number of hydrogen-bond donors (Lipinski definition) is 1. The Kier molecular flexibility index (Phi) is 6.59. The Labute approximate surface area is 136 Å². The number of hydrogen-bond acceptors (Lipinski definition) is 4. The highest BCUT2D eigenvalue weighted by molar-refractivity contribution is 5.93. The van der Waals surface area contributed by atoms with E-state index >= 15 is 0 Å². The van der Waals surface area contributed by atoms with Gasteiger partial charge in [-0.2, -0.15) is 0 Å². The molecule has 0 heterocycles. The predicted molar refractivity (Wildman–Crippen MR) is 89.0 cm³/mol. The van der Waals surface area contributed by atoms with E-state index < -0.39 is 0 Å². The topological polar surface area (TPSA) is 56.8 Å². The third-order valence-electron chi connectivity index (χ3n) is 3.07. The summed E-state index contributed by atoms with van der Waals surface area (Å²) in [4.78, 5) is 11.9. The molecule has 0 fully saturated rings. The molecule has 122 valence electrons. The predicted octanol–water partition coefficient (Wildman–Crippen LogP) is 3.39. The van der Waals surface area contributed by atoms with Crippen molar-refractivity contribution in [1.82, 2.24) is 0 Å². The van der Waals surface area contributed by atoms with Crippen LogP contribution in [0.2, 0.25) is 0 Å². The molecule has 0 aliphatic rings. The number of carbonyl (C=O) groups is 1. The summed E-state index contributed by atoms with van der Waals surface area (Å²) in [6, 6.07) is 15.0. The fourth-order valence-electron chi connectivity index (χ4n) is 1.89. The van der Waals surface area contributed by atoms with Gasteiger partial charge in [-0.3, -0.25) is 4.79 Å². The lowest BCUT2D eigenvalue weighted by molar-refractivity contribution is -0.121. The van der Waals surface area contributed by atoms with Crippen LogP contribution in [0.4, 0.5) is 5.69 Å². The Morgan fingerprint density at radius 3 is 2.52 bits per heavy atom. The van der Waals surface area contributed by atoms with Crippen molar-refractivity contribution in [3.63, 3.8) is 0 Å². The van der Waals surface area contributed by atoms with Gasteiger partial charge >= 0.3 is 0 Å². The molecule has 0 bridgehead atoms. The molecule has 1 amide bonds. The van der Waals surface area contributed by atoms with E-state index in [0.717, 1.165) is 5.56 Å². The number of anilines is 1. The van der Waals surface area contributed by atoms with Gasteiger partial charge in [0.05, 0.1) is 18.9 Å². The fraction of sp³-hybridized carbons (Fsp3) is 0.278. The average molecular weight is 315 g/mol. The molecule has 0 radical (unpaired) electrons. The molecule has 0 spiro atoms. The second-order valence-corrected chi connectivity index (χ2v) is 5.00. The van der Waals surface area contributed by atoms with Crippen LogP contribution < -0.4 is 10.1 Å². The first-order valence-electron chi connectivity index (χ1n) is 7.39. The SMILES string of the molecule is COCCOCC(=O)Nc1ccccc1Oc1ccc(C)cc1. The third-order valence-corrected chi connectivity index (χ3v) is 3.07. The maximum Gasteiger partial charge on any atom is 0.250 e. The van der Waals surface area contributed by atoms with E-state index in [1.807, 2.05) is 43.3 Å². The quantitative estimate of drug-likeness (QED) is 0.759. The van der Waals surface area contributed by atoms with E-state index in [2.05, 4.69) is 5.32 Å². The summed E-state index contributed by atoms with van der Waals surface area (Å²) in [7, 11) is 1.59. The van der Waals surface area contributed by atoms with Gasteiger partial charge in [0.2, 0.25) is 5.91 Å². The maximum absolute atomic E-state index is 11.9. The van der Waals surface area contributed by atoms with Crippen LogP contribution >= 0.6 is 0 Å². The molecule has 5 nitrogen and oxygen atoms in total. The number of benzene rings is 2. The second kappa shape index (κ2) is 8.92. The normalized spacial score (nSPS) is 10.3. The van der Waals surface area contributed by atoms with Gasteiger partial charge < -0.3 is 19.5 Å². The smallest absolute Gasteiger partial charge is 0.250 e. The lowest BCUT2D eigenvalue weighted by Gasteiger charge is -2.12. The van der Waals surface area contributed by atoms with Crippen molar-refractivity contribution in [3.8, 4) is 11.5 Å². The van der Waals surface area contributed by atoms with Crippen LogP contribution in [0.25, 0.3) is 0 Å². The second-order valence-electron chi connectivity index (χ2n) is 5.00. The summed E-state index contributed by atoms with van der Waals surface area (Å²) in [5.74, 6) is 1.07. The van der Waals surface area contributed by atoms with Crippen LogP contribution in [-0.4, -0.2) is 32.8 Å². The van der Waals surface area contributed by atoms with Crippen LogP contribution in [0, 0.1) is 6.92 Å². The zero-order chi connectivity index (χ0) is 16.5. The number of rotatable bonds is 8. The van der Waals surface area contributed by atoms with Crippen molar-refractivity contribution in [2.24, 2.45) is 0 Å². The number of carbonyl (C=O) groups excluding carboxylic acids is 1. The van der Waals surface area contributed by atoms with Gasteiger partial charge in [0.15, 0.2) is 5.75 Å². The van der Waals surface area contributed by atoms with E-state index in [4.69, 9.17) is 14.2 Å². The Morgan fingerprint density at radius 1 is 1.04 bits per heavy atom. The molecule has 0 aliphatic carbocycles. The zero-order valence-electron chi connectivity index (χ0n) is 13.4. The van der Waals surface area contributed by atoms with Crippen molar-refractivity contribution < 1.29 is 19.0 Å². The van der Waals surface area contributed by atoms with Gasteiger partial charge in [-0.15, -0.1) is 0 Å². The summed E-state index contributed by atoms with van der Waals surface area (Å²) in [5.41, 5.74) is 1.76. The molecule has 0 aliphatic heterocycles. The van der Waals surface area contributed by atoms with E-state index in [1.165, 1.54) is 0 Å². The van der Waals surface area contributed by atoms with E-state index in [9.17, 15) is 4.79 Å². The Balaban J connectivity index is 1.97. The van der Waals surface area contributed by atoms with E-state index in [0.29, 0.717) is 30.4 Å². The summed E-state index contributed by atoms with van der Waals surface area (Å²) in [6.45, 7) is 2.83. The number of ether oxygens (including phenoxy) is 3. The minimum absolute atomic E-state index is 0.0256. The zero-order valence-corrected chi connectivity index (χ0v) is 13.4. The number of amides is 1. The largest absolute Gasteiger partial charge is 0.455 e. The van der Waals surface area contributed by atoms with Crippen LogP contribution in [0.15, 0.2) is 48.5 Å². The fourth-order valence-corrected chi connectivity index (χ4v) is 1.89. The Hall–Kier alpha value is -2.37. The molecule has 2 aromatic carbocycles. The number of nitrogens with one attached hydrogen (secondary N) is 1. The lowest BCUT2D eigenvalue weighted by Crippen LogP contribution is -2.19. The Morgan fingerprint density at radius 2 is 1.78 bits per heavy atom. The summed E-state index contributed by atoms with van der Waals surface area (Å²) in [5, 5.41) is 2.79. The first-order valence-corrected chi connectivity index (χ1v) is 7.39. The molecule has 5 heteroatoms. The van der Waals surface area contributed by atoms with Crippen LogP contribution in [0.5, 0.6) is 11.5 Å². The summed E-state index contributed by atoms with van der Waals surface area (Å²) < 4.78 is 15.9. The molecular formula is C18H21NO4. The van der Waals surface area contributed by atoms with Crippen molar-refractivity contribution in [2.75, 3.05) is 32.2 Å². The van der Waals surface area contributed by atoms with Gasteiger partial charge in [0.25, 0.3) is 0 Å². The van der Waals surface area contributed by atoms with E-state index in [-0.39, 0.29) is 12.5 Å². The third kappa shape index (κ3) is 5.73. The first-order chi connectivity index (χ1) is 11.2.